The molecule has 2 heterocycles. The number of ether oxygens (including phenoxy) is 1. The van der Waals surface area contributed by atoms with E-state index in [0.717, 1.165) is 5.82 Å². The second kappa shape index (κ2) is 2.98. The summed E-state index contributed by atoms with van der Waals surface area (Å²) in [7, 11) is 0. The van der Waals surface area contributed by atoms with Gasteiger partial charge in [0.25, 0.3) is 0 Å². The lowest BCUT2D eigenvalue weighted by Crippen LogP contribution is -2.33. The average molecular weight is 166 g/mol. The van der Waals surface area contributed by atoms with Gasteiger partial charge in [-0.3, -0.25) is 0 Å². The van der Waals surface area contributed by atoms with Gasteiger partial charge in [0.1, 0.15) is 6.10 Å². The summed E-state index contributed by atoms with van der Waals surface area (Å²) in [6.45, 7) is 0.641. The summed E-state index contributed by atoms with van der Waals surface area (Å²) in [5.41, 5.74) is 0. The van der Waals surface area contributed by atoms with Crippen molar-refractivity contribution in [2.75, 3.05) is 18.5 Å². The largest absolute Gasteiger partial charge is 0.482 e. The molecule has 0 radical (unpaired) electrons. The Balaban J connectivity index is 2.23. The Labute approximate surface area is 70.2 Å². The van der Waals surface area contributed by atoms with Crippen LogP contribution >= 0.6 is 0 Å². The van der Waals surface area contributed by atoms with Crippen LogP contribution in [0, 0.1) is 0 Å². The summed E-state index contributed by atoms with van der Waals surface area (Å²) in [6.07, 6.45) is 1.55. The van der Waals surface area contributed by atoms with Gasteiger partial charge in [0.05, 0.1) is 13.2 Å². The van der Waals surface area contributed by atoms with Crippen molar-refractivity contribution < 1.29 is 9.84 Å². The Morgan fingerprint density at radius 1 is 1.75 bits per heavy atom. The highest BCUT2D eigenvalue weighted by Gasteiger charge is 2.18. The molecule has 0 saturated carbocycles. The molecule has 0 saturated heterocycles. The highest BCUT2D eigenvalue weighted by atomic mass is 16.5. The molecule has 0 amide bonds. The molecule has 2 rings (SSSR count). The van der Waals surface area contributed by atoms with Crippen molar-refractivity contribution in [1.29, 1.82) is 0 Å². The number of hydrogen-bond acceptors (Lipinski definition) is 4. The van der Waals surface area contributed by atoms with E-state index in [2.05, 4.69) is 10.3 Å². The maximum atomic E-state index is 8.83. The molecule has 0 spiro atoms. The molecule has 1 aliphatic rings. The molecule has 1 aliphatic heterocycles. The van der Waals surface area contributed by atoms with E-state index in [0.29, 0.717) is 12.3 Å². The maximum Gasteiger partial charge on any atom is 0.168 e. The predicted octanol–water partition coefficient (Wildman–Crippen LogP) is 0.247. The van der Waals surface area contributed by atoms with Gasteiger partial charge in [-0.1, -0.05) is 0 Å². The lowest BCUT2D eigenvalue weighted by Gasteiger charge is -2.24. The number of rotatable bonds is 1. The number of nitrogens with zero attached hydrogens (tertiary/aromatic N) is 1. The Morgan fingerprint density at radius 3 is 3.50 bits per heavy atom. The smallest absolute Gasteiger partial charge is 0.168 e. The zero-order chi connectivity index (χ0) is 8.39. The molecule has 0 fully saturated rings. The summed E-state index contributed by atoms with van der Waals surface area (Å²) < 4.78 is 5.41. The van der Waals surface area contributed by atoms with Crippen LogP contribution in [0.15, 0.2) is 18.3 Å². The molecule has 0 aromatic carbocycles. The first-order valence-corrected chi connectivity index (χ1v) is 3.86. The van der Waals surface area contributed by atoms with Gasteiger partial charge in [-0.15, -0.1) is 0 Å². The molecule has 4 heteroatoms. The summed E-state index contributed by atoms with van der Waals surface area (Å²) in [5.74, 6) is 1.46. The van der Waals surface area contributed by atoms with Crippen LogP contribution in [0.5, 0.6) is 5.75 Å². The molecule has 12 heavy (non-hydrogen) atoms. The standard InChI is InChI=1S/C8H10N2O2/c11-5-6-4-10-8-7(12-6)2-1-3-9-8/h1-3,6,11H,4-5H2,(H,9,10). The van der Waals surface area contributed by atoms with Crippen LogP contribution in [-0.2, 0) is 0 Å². The van der Waals surface area contributed by atoms with Crippen molar-refractivity contribution in [3.63, 3.8) is 0 Å². The monoisotopic (exact) mass is 166 g/mol. The van der Waals surface area contributed by atoms with Crippen molar-refractivity contribution in [2.45, 2.75) is 6.10 Å². The van der Waals surface area contributed by atoms with E-state index in [4.69, 9.17) is 9.84 Å². The van der Waals surface area contributed by atoms with Gasteiger partial charge in [0.2, 0.25) is 0 Å². The van der Waals surface area contributed by atoms with E-state index in [1.165, 1.54) is 0 Å². The highest BCUT2D eigenvalue weighted by Crippen LogP contribution is 2.25. The van der Waals surface area contributed by atoms with E-state index in [1.54, 1.807) is 12.3 Å². The molecule has 4 nitrogen and oxygen atoms in total. The topological polar surface area (TPSA) is 54.4 Å². The molecule has 64 valence electrons. The number of fused-ring (bicyclic) bond motifs is 1. The van der Waals surface area contributed by atoms with Crippen LogP contribution in [-0.4, -0.2) is 29.3 Å². The number of nitrogens with one attached hydrogen (secondary N) is 1. The van der Waals surface area contributed by atoms with Crippen LogP contribution in [0.4, 0.5) is 5.82 Å². The second-order valence-corrected chi connectivity index (χ2v) is 2.65. The predicted molar refractivity (Wildman–Crippen MR) is 44.2 cm³/mol. The summed E-state index contributed by atoms with van der Waals surface area (Å²) in [6, 6.07) is 3.64. The van der Waals surface area contributed by atoms with Gasteiger partial charge in [-0.25, -0.2) is 4.98 Å². The van der Waals surface area contributed by atoms with Gasteiger partial charge >= 0.3 is 0 Å². The van der Waals surface area contributed by atoms with E-state index >= 15 is 0 Å². The first-order valence-electron chi connectivity index (χ1n) is 3.86. The molecular weight excluding hydrogens is 156 g/mol. The Hall–Kier alpha value is -1.29. The third-order valence-electron chi connectivity index (χ3n) is 1.77. The van der Waals surface area contributed by atoms with Crippen LogP contribution in [0.3, 0.4) is 0 Å². The average Bonchev–Trinajstić information content (AvgIpc) is 2.17. The Kier molecular flexibility index (Phi) is 1.83. The molecule has 1 unspecified atom stereocenters. The summed E-state index contributed by atoms with van der Waals surface area (Å²) >= 11 is 0. The minimum atomic E-state index is -0.151. The van der Waals surface area contributed by atoms with E-state index in [1.807, 2.05) is 6.07 Å². The summed E-state index contributed by atoms with van der Waals surface area (Å²) in [4.78, 5) is 4.07. The van der Waals surface area contributed by atoms with E-state index in [-0.39, 0.29) is 12.7 Å². The fourth-order valence-electron chi connectivity index (χ4n) is 1.15. The molecule has 0 aliphatic carbocycles. The van der Waals surface area contributed by atoms with Crippen molar-refractivity contribution >= 4 is 5.82 Å². The first kappa shape index (κ1) is 7.36. The maximum absolute atomic E-state index is 8.83. The van der Waals surface area contributed by atoms with Crippen molar-refractivity contribution in [2.24, 2.45) is 0 Å². The van der Waals surface area contributed by atoms with Gasteiger partial charge in [0.15, 0.2) is 11.6 Å². The number of aromatic nitrogens is 1. The third-order valence-corrected chi connectivity index (χ3v) is 1.77. The van der Waals surface area contributed by atoms with Gasteiger partial charge in [-0.2, -0.15) is 0 Å². The number of pyridine rings is 1. The molecule has 1 atom stereocenters. The van der Waals surface area contributed by atoms with Crippen molar-refractivity contribution in [3.8, 4) is 5.75 Å². The zero-order valence-electron chi connectivity index (χ0n) is 6.53. The van der Waals surface area contributed by atoms with E-state index < -0.39 is 0 Å². The minimum absolute atomic E-state index is 0.0291. The number of anilines is 1. The molecule has 2 N–H and O–H groups in total. The quantitative estimate of drug-likeness (QED) is 0.627. The number of hydrogen-bond donors (Lipinski definition) is 2. The SMILES string of the molecule is OCC1CNc2ncccc2O1. The van der Waals surface area contributed by atoms with Gasteiger partial charge in [-0.05, 0) is 12.1 Å². The van der Waals surface area contributed by atoms with E-state index in [9.17, 15) is 0 Å². The number of aliphatic hydroxyl groups is 1. The lowest BCUT2D eigenvalue weighted by molar-refractivity contribution is 0.119. The Morgan fingerprint density at radius 2 is 2.67 bits per heavy atom. The molecule has 1 aromatic rings. The van der Waals surface area contributed by atoms with Crippen molar-refractivity contribution in [1.82, 2.24) is 4.98 Å². The fourth-order valence-corrected chi connectivity index (χ4v) is 1.15. The first-order chi connectivity index (χ1) is 5.90. The third kappa shape index (κ3) is 1.21. The number of aliphatic hydroxyl groups excluding tert-OH is 1. The van der Waals surface area contributed by atoms with Crippen LogP contribution < -0.4 is 10.1 Å². The van der Waals surface area contributed by atoms with Gasteiger partial charge < -0.3 is 15.2 Å². The fraction of sp³-hybridized carbons (Fsp3) is 0.375. The Bertz CT molecular complexity index is 278. The zero-order valence-corrected chi connectivity index (χ0v) is 6.53. The summed E-state index contributed by atoms with van der Waals surface area (Å²) in [5, 5.41) is 11.9. The van der Waals surface area contributed by atoms with Crippen LogP contribution in [0.2, 0.25) is 0 Å². The van der Waals surface area contributed by atoms with Gasteiger partial charge in [0, 0.05) is 6.20 Å². The lowest BCUT2D eigenvalue weighted by atomic mass is 10.3. The highest BCUT2D eigenvalue weighted by molar-refractivity contribution is 5.51. The van der Waals surface area contributed by atoms with Crippen molar-refractivity contribution in [3.05, 3.63) is 18.3 Å². The molecule has 0 bridgehead atoms. The second-order valence-electron chi connectivity index (χ2n) is 2.65. The molecule has 1 aromatic heterocycles. The van der Waals surface area contributed by atoms with Crippen LogP contribution in [0.1, 0.15) is 0 Å². The minimum Gasteiger partial charge on any atom is -0.482 e. The molecular formula is C8H10N2O2. The normalized spacial score (nSPS) is 20.6. The van der Waals surface area contributed by atoms with Crippen LogP contribution in [0.25, 0.3) is 0 Å².